The quantitative estimate of drug-likeness (QED) is 0.538. The van der Waals surface area contributed by atoms with Crippen LogP contribution in [0.25, 0.3) is 21.5 Å². The van der Waals surface area contributed by atoms with Crippen LogP contribution in [-0.2, 0) is 9.53 Å². The molecule has 0 spiro atoms. The maximum Gasteiger partial charge on any atom is 0.410 e. The maximum atomic E-state index is 12.3. The Morgan fingerprint density at radius 3 is 2.57 bits per heavy atom. The fourth-order valence-corrected chi connectivity index (χ4v) is 5.23. The van der Waals surface area contributed by atoms with Crippen LogP contribution in [0.3, 0.4) is 0 Å². The molecule has 0 bridgehead atoms. The molecule has 2 aliphatic rings. The van der Waals surface area contributed by atoms with Gasteiger partial charge in [0.15, 0.2) is 0 Å². The third-order valence-electron chi connectivity index (χ3n) is 6.57. The number of carbonyl (C=O) groups is 2. The Labute approximate surface area is 220 Å². The summed E-state index contributed by atoms with van der Waals surface area (Å²) >= 11 is 1.53. The molecular weight excluding hydrogens is 492 g/mol. The first-order chi connectivity index (χ1) is 17.7. The summed E-state index contributed by atoms with van der Waals surface area (Å²) in [6, 6.07) is 3.97. The summed E-state index contributed by atoms with van der Waals surface area (Å²) in [5.41, 5.74) is 3.73. The Morgan fingerprint density at radius 1 is 1.14 bits per heavy atom. The molecule has 2 aliphatic heterocycles. The monoisotopic (exact) mass is 524 g/mol. The van der Waals surface area contributed by atoms with Crippen molar-refractivity contribution >= 4 is 39.4 Å². The Kier molecular flexibility index (Phi) is 6.89. The van der Waals surface area contributed by atoms with Gasteiger partial charge >= 0.3 is 6.09 Å². The summed E-state index contributed by atoms with van der Waals surface area (Å²) in [5.74, 6) is 1.71. The Morgan fingerprint density at radius 2 is 1.92 bits per heavy atom. The van der Waals surface area contributed by atoms with Gasteiger partial charge in [-0.1, -0.05) is 0 Å². The van der Waals surface area contributed by atoms with E-state index in [2.05, 4.69) is 25.2 Å². The van der Waals surface area contributed by atoms with E-state index < -0.39 is 5.60 Å². The minimum absolute atomic E-state index is 0.0683. The summed E-state index contributed by atoms with van der Waals surface area (Å²) in [5, 5.41) is 2.88. The van der Waals surface area contributed by atoms with Crippen LogP contribution in [0, 0.1) is 5.92 Å². The Balaban J connectivity index is 1.28. The normalized spacial score (nSPS) is 19.1. The molecular formula is C26H32N6O4S. The lowest BCUT2D eigenvalue weighted by molar-refractivity contribution is -0.119. The highest BCUT2D eigenvalue weighted by Gasteiger charge is 2.29. The van der Waals surface area contributed by atoms with Gasteiger partial charge in [-0.15, -0.1) is 11.3 Å². The van der Waals surface area contributed by atoms with E-state index in [9.17, 15) is 9.59 Å². The molecule has 4 heterocycles. The first kappa shape index (κ1) is 25.2. The maximum absolute atomic E-state index is 12.3. The number of hydrogen-bond acceptors (Lipinski definition) is 9. The highest BCUT2D eigenvalue weighted by Crippen LogP contribution is 2.35. The Bertz CT molecular complexity index is 1280. The molecule has 11 heteroatoms. The van der Waals surface area contributed by atoms with Crippen LogP contribution < -0.4 is 15.0 Å². The van der Waals surface area contributed by atoms with E-state index in [0.717, 1.165) is 33.0 Å². The molecule has 196 valence electrons. The van der Waals surface area contributed by atoms with E-state index in [1.807, 2.05) is 39.8 Å². The van der Waals surface area contributed by atoms with E-state index in [-0.39, 0.29) is 24.0 Å². The van der Waals surface area contributed by atoms with Crippen LogP contribution >= 0.6 is 11.3 Å². The molecule has 10 nitrogen and oxygen atoms in total. The summed E-state index contributed by atoms with van der Waals surface area (Å²) in [4.78, 5) is 41.7. The van der Waals surface area contributed by atoms with Crippen molar-refractivity contribution < 1.29 is 19.1 Å². The van der Waals surface area contributed by atoms with Crippen molar-refractivity contribution in [2.24, 2.45) is 5.92 Å². The number of benzene rings is 1. The van der Waals surface area contributed by atoms with Gasteiger partial charge in [-0.3, -0.25) is 9.78 Å². The molecule has 1 unspecified atom stereocenters. The molecule has 1 N–H and O–H groups in total. The van der Waals surface area contributed by atoms with Gasteiger partial charge in [-0.2, -0.15) is 0 Å². The number of rotatable bonds is 5. The molecule has 2 aromatic heterocycles. The molecule has 2 atom stereocenters. The molecule has 0 saturated carbocycles. The fourth-order valence-electron chi connectivity index (χ4n) is 4.51. The number of piperazine rings is 1. The summed E-state index contributed by atoms with van der Waals surface area (Å²) in [7, 11) is 0. The molecule has 2 amide bonds. The third kappa shape index (κ3) is 5.76. The molecule has 0 aliphatic carbocycles. The first-order valence-corrected chi connectivity index (χ1v) is 13.4. The number of nitrogens with zero attached hydrogens (tertiary/aromatic N) is 5. The van der Waals surface area contributed by atoms with E-state index in [1.165, 1.54) is 11.3 Å². The summed E-state index contributed by atoms with van der Waals surface area (Å²) in [6.45, 7) is 10.7. The van der Waals surface area contributed by atoms with E-state index >= 15 is 0 Å². The number of amides is 2. The molecule has 2 saturated heterocycles. The molecule has 5 rings (SSSR count). The highest BCUT2D eigenvalue weighted by atomic mass is 32.1. The first-order valence-electron chi connectivity index (χ1n) is 12.5. The van der Waals surface area contributed by atoms with Gasteiger partial charge < -0.3 is 24.6 Å². The van der Waals surface area contributed by atoms with Crippen molar-refractivity contribution in [3.63, 3.8) is 0 Å². The van der Waals surface area contributed by atoms with Crippen LogP contribution in [0.4, 0.5) is 10.6 Å². The van der Waals surface area contributed by atoms with Crippen LogP contribution in [0.5, 0.6) is 5.75 Å². The van der Waals surface area contributed by atoms with Crippen molar-refractivity contribution in [2.75, 3.05) is 37.6 Å². The zero-order valence-electron chi connectivity index (χ0n) is 21.6. The number of hydrogen-bond donors (Lipinski definition) is 1. The van der Waals surface area contributed by atoms with E-state index in [0.29, 0.717) is 39.1 Å². The lowest BCUT2D eigenvalue weighted by Crippen LogP contribution is -2.50. The van der Waals surface area contributed by atoms with Crippen LogP contribution in [-0.4, -0.2) is 76.3 Å². The number of thiazole rings is 1. The number of fused-ring (bicyclic) bond motifs is 1. The average Bonchev–Trinajstić information content (AvgIpc) is 3.52. The van der Waals surface area contributed by atoms with Gasteiger partial charge in [-0.25, -0.2) is 14.8 Å². The van der Waals surface area contributed by atoms with Gasteiger partial charge in [0, 0.05) is 50.6 Å². The number of aromatic nitrogens is 3. The minimum Gasteiger partial charge on any atom is -0.489 e. The zero-order chi connectivity index (χ0) is 26.2. The highest BCUT2D eigenvalue weighted by molar-refractivity contribution is 7.17. The van der Waals surface area contributed by atoms with E-state index in [4.69, 9.17) is 9.47 Å². The molecule has 37 heavy (non-hydrogen) atoms. The standard InChI is InChI=1S/C26H32N6O4S/c1-16(18-11-23(33)29-12-18)35-21-10-17(9-19-24(21)37-15-30-19)20-13-28-22(14-27-20)31-5-7-32(8-6-31)25(34)36-26(2,3)4/h9-10,13-16,18H,5-8,11-12H2,1-4H3,(H,29,33)/t16-,18?/m1/s1. The van der Waals surface area contributed by atoms with Crippen molar-refractivity contribution in [1.82, 2.24) is 25.2 Å². The van der Waals surface area contributed by atoms with Crippen molar-refractivity contribution in [3.05, 3.63) is 30.0 Å². The van der Waals surface area contributed by atoms with Crippen LogP contribution in [0.1, 0.15) is 34.1 Å². The average molecular weight is 525 g/mol. The van der Waals surface area contributed by atoms with Gasteiger partial charge in [0.05, 0.1) is 33.8 Å². The second-order valence-electron chi connectivity index (χ2n) is 10.5. The van der Waals surface area contributed by atoms with Crippen LogP contribution in [0.2, 0.25) is 0 Å². The summed E-state index contributed by atoms with van der Waals surface area (Å²) < 4.78 is 12.8. The van der Waals surface area contributed by atoms with E-state index in [1.54, 1.807) is 22.8 Å². The van der Waals surface area contributed by atoms with Gasteiger partial charge in [0.1, 0.15) is 23.3 Å². The number of ether oxygens (including phenoxy) is 2. The Hall–Kier alpha value is -3.47. The number of carbonyl (C=O) groups excluding carboxylic acids is 2. The smallest absolute Gasteiger partial charge is 0.410 e. The molecule has 3 aromatic rings. The van der Waals surface area contributed by atoms with Crippen molar-refractivity contribution in [1.29, 1.82) is 0 Å². The lowest BCUT2D eigenvalue weighted by atomic mass is 10.0. The molecule has 0 radical (unpaired) electrons. The third-order valence-corrected chi connectivity index (χ3v) is 7.43. The number of anilines is 1. The lowest BCUT2D eigenvalue weighted by Gasteiger charge is -2.36. The molecule has 1 aromatic carbocycles. The van der Waals surface area contributed by atoms with Crippen molar-refractivity contribution in [3.8, 4) is 17.0 Å². The predicted molar refractivity (Wildman–Crippen MR) is 142 cm³/mol. The topological polar surface area (TPSA) is 110 Å². The zero-order valence-corrected chi connectivity index (χ0v) is 22.4. The molecule has 2 fully saturated rings. The van der Waals surface area contributed by atoms with Crippen molar-refractivity contribution in [2.45, 2.75) is 45.8 Å². The van der Waals surface area contributed by atoms with Crippen LogP contribution in [0.15, 0.2) is 30.0 Å². The predicted octanol–water partition coefficient (Wildman–Crippen LogP) is 3.71. The number of nitrogens with one attached hydrogen (secondary N) is 1. The second kappa shape index (κ2) is 10.1. The summed E-state index contributed by atoms with van der Waals surface area (Å²) in [6.07, 6.45) is 3.60. The van der Waals surface area contributed by atoms with Gasteiger partial charge in [-0.05, 0) is 39.8 Å². The van der Waals surface area contributed by atoms with Gasteiger partial charge in [0.2, 0.25) is 5.91 Å². The largest absolute Gasteiger partial charge is 0.489 e. The van der Waals surface area contributed by atoms with Gasteiger partial charge in [0.25, 0.3) is 0 Å². The SMILES string of the molecule is C[C@@H](Oc1cc(-c2cnc(N3CCN(C(=O)OC(C)(C)C)CC3)cn2)cc2ncsc12)C1CNC(=O)C1. The minimum atomic E-state index is -0.507. The fraction of sp³-hybridized carbons (Fsp3) is 0.500. The second-order valence-corrected chi connectivity index (χ2v) is 11.3.